The van der Waals surface area contributed by atoms with Crippen LogP contribution in [-0.2, 0) is 4.79 Å². The van der Waals surface area contributed by atoms with Gasteiger partial charge >= 0.3 is 0 Å². The van der Waals surface area contributed by atoms with Gasteiger partial charge in [0.05, 0.1) is 6.21 Å². The first kappa shape index (κ1) is 24.5. The topological polar surface area (TPSA) is 53.9 Å². The summed E-state index contributed by atoms with van der Waals surface area (Å²) in [6.45, 7) is 10.1. The third-order valence-corrected chi connectivity index (χ3v) is 6.59. The smallest absolute Gasteiger partial charge is 0.277 e. The first-order chi connectivity index (χ1) is 16.9. The van der Waals surface area contributed by atoms with Crippen LogP contribution in [0.15, 0.2) is 77.9 Å². The van der Waals surface area contributed by atoms with Gasteiger partial charge in [-0.2, -0.15) is 5.10 Å². The van der Waals surface area contributed by atoms with Crippen LogP contribution < -0.4 is 15.1 Å². The van der Waals surface area contributed by atoms with Crippen LogP contribution in [0.25, 0.3) is 11.1 Å². The van der Waals surface area contributed by atoms with Crippen molar-refractivity contribution in [3.63, 3.8) is 0 Å². The Morgan fingerprint density at radius 2 is 1.80 bits per heavy atom. The molecule has 1 aliphatic rings. The lowest BCUT2D eigenvalue weighted by molar-refractivity contribution is -0.123. The number of hydrazone groups is 1. The zero-order valence-corrected chi connectivity index (χ0v) is 21.1. The summed E-state index contributed by atoms with van der Waals surface area (Å²) in [4.78, 5) is 14.7. The van der Waals surface area contributed by atoms with Gasteiger partial charge in [-0.3, -0.25) is 4.79 Å². The number of rotatable bonds is 8. The maximum absolute atomic E-state index is 12.2. The van der Waals surface area contributed by atoms with Crippen molar-refractivity contribution in [1.29, 1.82) is 0 Å². The Morgan fingerprint density at radius 1 is 1.09 bits per heavy atom. The van der Waals surface area contributed by atoms with Gasteiger partial charge in [-0.25, -0.2) is 5.43 Å². The predicted octanol–water partition coefficient (Wildman–Crippen LogP) is 6.38. The van der Waals surface area contributed by atoms with E-state index in [1.165, 1.54) is 11.3 Å². The van der Waals surface area contributed by atoms with Crippen molar-refractivity contribution in [3.05, 3.63) is 83.9 Å². The Morgan fingerprint density at radius 3 is 2.51 bits per heavy atom. The van der Waals surface area contributed by atoms with Crippen LogP contribution in [0.3, 0.4) is 0 Å². The predicted molar refractivity (Wildman–Crippen MR) is 144 cm³/mol. The van der Waals surface area contributed by atoms with Crippen LogP contribution in [0.2, 0.25) is 0 Å². The molecule has 35 heavy (non-hydrogen) atoms. The molecule has 0 radical (unpaired) electrons. The van der Waals surface area contributed by atoms with E-state index in [9.17, 15) is 4.79 Å². The number of carbonyl (C=O) groups excluding carboxylic acids is 1. The number of hydrogen-bond donors (Lipinski definition) is 1. The van der Waals surface area contributed by atoms with Crippen LogP contribution in [0, 0.1) is 0 Å². The molecule has 4 rings (SSSR count). The average Bonchev–Trinajstić information content (AvgIpc) is 2.86. The number of benzene rings is 3. The molecule has 3 aromatic carbocycles. The number of nitrogens with zero attached hydrogens (tertiary/aromatic N) is 2. The standard InChI is InChI=1S/C30H35N3O2/c1-5-17-33-28-16-11-23(18-27(28)22(2)19-30(33,3)4)20-31-32-29(34)21-35-26-14-12-25(13-15-26)24-9-7-6-8-10-24/h6-16,18,20,22H,5,17,19,21H2,1-4H3,(H,32,34)/b31-20+. The van der Waals surface area contributed by atoms with Crippen molar-refractivity contribution >= 4 is 17.8 Å². The summed E-state index contributed by atoms with van der Waals surface area (Å²) in [7, 11) is 0. The summed E-state index contributed by atoms with van der Waals surface area (Å²) in [6.07, 6.45) is 3.93. The number of fused-ring (bicyclic) bond motifs is 1. The van der Waals surface area contributed by atoms with E-state index >= 15 is 0 Å². The van der Waals surface area contributed by atoms with Gasteiger partial charge in [0.15, 0.2) is 6.61 Å². The Hall–Kier alpha value is -3.60. The SMILES string of the molecule is CCCN1c2ccc(/C=N/NC(=O)COc3ccc(-c4ccccc4)cc3)cc2C(C)CC1(C)C. The summed E-state index contributed by atoms with van der Waals surface area (Å²) in [6, 6.07) is 24.3. The molecule has 0 bridgehead atoms. The lowest BCUT2D eigenvalue weighted by atomic mass is 9.79. The van der Waals surface area contributed by atoms with Crippen LogP contribution in [0.4, 0.5) is 5.69 Å². The second kappa shape index (κ2) is 10.8. The molecule has 1 aliphatic heterocycles. The van der Waals surface area contributed by atoms with Crippen molar-refractivity contribution in [2.24, 2.45) is 5.10 Å². The molecule has 0 aromatic heterocycles. The number of nitrogens with one attached hydrogen (secondary N) is 1. The van der Waals surface area contributed by atoms with Crippen LogP contribution in [0.5, 0.6) is 5.75 Å². The minimum Gasteiger partial charge on any atom is -0.484 e. The molecule has 0 saturated heterocycles. The average molecular weight is 470 g/mol. The molecule has 0 aliphatic carbocycles. The monoisotopic (exact) mass is 469 g/mol. The third kappa shape index (κ3) is 5.91. The highest BCUT2D eigenvalue weighted by atomic mass is 16.5. The highest BCUT2D eigenvalue weighted by molar-refractivity contribution is 5.84. The highest BCUT2D eigenvalue weighted by Crippen LogP contribution is 2.43. The van der Waals surface area contributed by atoms with Gasteiger partial charge in [0, 0.05) is 17.8 Å². The molecule has 0 saturated carbocycles. The Kier molecular flexibility index (Phi) is 7.54. The number of amides is 1. The van der Waals surface area contributed by atoms with E-state index in [0.29, 0.717) is 11.7 Å². The summed E-state index contributed by atoms with van der Waals surface area (Å²) in [5.41, 5.74) is 8.59. The maximum Gasteiger partial charge on any atom is 0.277 e. The van der Waals surface area contributed by atoms with E-state index < -0.39 is 0 Å². The number of anilines is 1. The van der Waals surface area contributed by atoms with Gasteiger partial charge in [0.1, 0.15) is 5.75 Å². The van der Waals surface area contributed by atoms with Gasteiger partial charge < -0.3 is 9.64 Å². The highest BCUT2D eigenvalue weighted by Gasteiger charge is 2.35. The van der Waals surface area contributed by atoms with Crippen LogP contribution in [0.1, 0.15) is 57.6 Å². The number of carbonyl (C=O) groups is 1. The molecular weight excluding hydrogens is 434 g/mol. The van der Waals surface area contributed by atoms with E-state index in [2.05, 4.69) is 73.5 Å². The summed E-state index contributed by atoms with van der Waals surface area (Å²) in [5, 5.41) is 4.15. The van der Waals surface area contributed by atoms with Crippen molar-refractivity contribution in [3.8, 4) is 16.9 Å². The molecule has 5 heteroatoms. The lowest BCUT2D eigenvalue weighted by Gasteiger charge is -2.47. The van der Waals surface area contributed by atoms with E-state index in [-0.39, 0.29) is 18.1 Å². The molecule has 1 atom stereocenters. The fourth-order valence-electron chi connectivity index (χ4n) is 4.97. The summed E-state index contributed by atoms with van der Waals surface area (Å²) >= 11 is 0. The molecule has 182 valence electrons. The van der Waals surface area contributed by atoms with E-state index in [0.717, 1.165) is 36.1 Å². The van der Waals surface area contributed by atoms with Gasteiger partial charge in [-0.15, -0.1) is 0 Å². The second-order valence-electron chi connectivity index (χ2n) is 9.86. The molecule has 1 N–H and O–H groups in total. The summed E-state index contributed by atoms with van der Waals surface area (Å²) < 4.78 is 5.61. The zero-order chi connectivity index (χ0) is 24.8. The van der Waals surface area contributed by atoms with Crippen molar-refractivity contribution in [2.45, 2.75) is 52.0 Å². The fraction of sp³-hybridized carbons (Fsp3) is 0.333. The maximum atomic E-state index is 12.2. The van der Waals surface area contributed by atoms with Crippen LogP contribution >= 0.6 is 0 Å². The van der Waals surface area contributed by atoms with Crippen molar-refractivity contribution in [1.82, 2.24) is 5.43 Å². The quantitative estimate of drug-likeness (QED) is 0.307. The molecule has 1 unspecified atom stereocenters. The Labute approximate surface area is 208 Å². The van der Waals surface area contributed by atoms with Crippen LogP contribution in [-0.4, -0.2) is 30.8 Å². The molecule has 3 aromatic rings. The van der Waals surface area contributed by atoms with Crippen molar-refractivity contribution in [2.75, 3.05) is 18.1 Å². The normalized spacial score (nSPS) is 16.7. The minimum atomic E-state index is -0.296. The molecule has 0 fully saturated rings. The molecule has 1 amide bonds. The van der Waals surface area contributed by atoms with E-state index in [1.807, 2.05) is 42.5 Å². The van der Waals surface area contributed by atoms with Crippen molar-refractivity contribution < 1.29 is 9.53 Å². The molecular formula is C30H35N3O2. The fourth-order valence-corrected chi connectivity index (χ4v) is 4.97. The number of ether oxygens (including phenoxy) is 1. The van der Waals surface area contributed by atoms with Gasteiger partial charge in [-0.1, -0.05) is 62.4 Å². The zero-order valence-electron chi connectivity index (χ0n) is 21.1. The first-order valence-electron chi connectivity index (χ1n) is 12.4. The minimum absolute atomic E-state index is 0.0930. The first-order valence-corrected chi connectivity index (χ1v) is 12.4. The van der Waals surface area contributed by atoms with Gasteiger partial charge in [-0.05, 0) is 79.1 Å². The molecule has 1 heterocycles. The number of hydrogen-bond acceptors (Lipinski definition) is 4. The summed E-state index contributed by atoms with van der Waals surface area (Å²) in [5.74, 6) is 0.820. The van der Waals surface area contributed by atoms with E-state index in [1.54, 1.807) is 6.21 Å². The molecule has 5 nitrogen and oxygen atoms in total. The molecule has 0 spiro atoms. The largest absolute Gasteiger partial charge is 0.484 e. The van der Waals surface area contributed by atoms with E-state index in [4.69, 9.17) is 4.74 Å². The Bertz CT molecular complexity index is 1170. The van der Waals surface area contributed by atoms with Gasteiger partial charge in [0.25, 0.3) is 5.91 Å². The second-order valence-corrected chi connectivity index (χ2v) is 9.86. The lowest BCUT2D eigenvalue weighted by Crippen LogP contribution is -2.48. The van der Waals surface area contributed by atoms with Gasteiger partial charge in [0.2, 0.25) is 0 Å². The third-order valence-electron chi connectivity index (χ3n) is 6.59. The Balaban J connectivity index is 1.32.